The van der Waals surface area contributed by atoms with Crippen LogP contribution in [0, 0.1) is 19.3 Å². The Morgan fingerprint density at radius 1 is 1.24 bits per heavy atom. The predicted molar refractivity (Wildman–Crippen MR) is 159 cm³/mol. The van der Waals surface area contributed by atoms with Gasteiger partial charge in [0, 0.05) is 23.7 Å². The van der Waals surface area contributed by atoms with E-state index in [0.29, 0.717) is 29.4 Å². The van der Waals surface area contributed by atoms with E-state index in [0.717, 1.165) is 27.0 Å². The van der Waals surface area contributed by atoms with Crippen LogP contribution in [-0.2, 0) is 17.9 Å². The van der Waals surface area contributed by atoms with Crippen LogP contribution in [0.25, 0.3) is 11.0 Å². The average Bonchev–Trinajstić information content (AvgIpc) is 3.49. The summed E-state index contributed by atoms with van der Waals surface area (Å²) in [6.45, 7) is 12.4. The number of benzene rings is 1. The van der Waals surface area contributed by atoms with Crippen LogP contribution in [0.5, 0.6) is 5.75 Å². The number of fused-ring (bicyclic) bond motifs is 2. The lowest BCUT2D eigenvalue weighted by Crippen LogP contribution is -2.35. The Kier molecular flexibility index (Phi) is 7.85. The fraction of sp³-hybridized carbons (Fsp3) is 0.464. The van der Waals surface area contributed by atoms with E-state index in [-0.39, 0.29) is 24.1 Å². The number of rotatable bonds is 8. The normalized spacial score (nSPS) is 18.9. The highest BCUT2D eigenvalue weighted by atomic mass is 32.3. The molecule has 3 N–H and O–H groups in total. The first kappa shape index (κ1) is 29.4. The van der Waals surface area contributed by atoms with E-state index in [1.165, 1.54) is 17.5 Å². The molecule has 0 amide bonds. The summed E-state index contributed by atoms with van der Waals surface area (Å²) < 4.78 is 32.3. The lowest BCUT2D eigenvalue weighted by molar-refractivity contribution is -0.147. The average molecular weight is 601 g/mol. The summed E-state index contributed by atoms with van der Waals surface area (Å²) in [6.07, 6.45) is 3.43. The molecule has 0 radical (unpaired) electrons. The molecule has 3 aromatic heterocycles. The summed E-state index contributed by atoms with van der Waals surface area (Å²) in [5, 5.41) is 19.6. The van der Waals surface area contributed by atoms with Gasteiger partial charge in [0.25, 0.3) is 0 Å². The molecule has 4 aromatic rings. The molecule has 1 aromatic carbocycles. The van der Waals surface area contributed by atoms with E-state index >= 15 is 0 Å². The number of carbonyl (C=O) groups is 1. The van der Waals surface area contributed by atoms with Gasteiger partial charge in [-0.15, -0.1) is 27.2 Å². The summed E-state index contributed by atoms with van der Waals surface area (Å²) in [4.78, 5) is 22.8. The maximum Gasteiger partial charge on any atom is 0.310 e. The Morgan fingerprint density at radius 2 is 2.00 bits per heavy atom. The van der Waals surface area contributed by atoms with Crippen LogP contribution < -0.4 is 4.74 Å². The van der Waals surface area contributed by atoms with Gasteiger partial charge in [0.15, 0.2) is 0 Å². The third kappa shape index (κ3) is 5.10. The summed E-state index contributed by atoms with van der Waals surface area (Å²) >= 11 is 1.43. The molecule has 13 heteroatoms. The van der Waals surface area contributed by atoms with Gasteiger partial charge in [-0.05, 0) is 58.2 Å². The predicted octanol–water partition coefficient (Wildman–Crippen LogP) is 5.86. The van der Waals surface area contributed by atoms with Crippen molar-refractivity contribution < 1.29 is 23.7 Å². The lowest BCUT2D eigenvalue weighted by atomic mass is 9.74. The zero-order valence-corrected chi connectivity index (χ0v) is 25.7. The smallest absolute Gasteiger partial charge is 0.310 e. The van der Waals surface area contributed by atoms with Crippen LogP contribution >= 0.6 is 22.1 Å². The van der Waals surface area contributed by atoms with Gasteiger partial charge >= 0.3 is 5.97 Å². The zero-order valence-electron chi connectivity index (χ0n) is 24.0. The molecule has 220 valence electrons. The summed E-state index contributed by atoms with van der Waals surface area (Å²) in [7, 11) is -3.41. The maximum absolute atomic E-state index is 12.6. The molecular formula is C28H36N6O5S2. The molecule has 0 saturated heterocycles. The number of aryl methyl sites for hydroxylation is 3. The molecule has 1 aliphatic heterocycles. The van der Waals surface area contributed by atoms with Crippen LogP contribution in [0.4, 0.5) is 0 Å². The van der Waals surface area contributed by atoms with E-state index in [4.69, 9.17) is 9.72 Å². The van der Waals surface area contributed by atoms with Crippen molar-refractivity contribution >= 4 is 39.1 Å². The molecule has 41 heavy (non-hydrogen) atoms. The molecule has 0 aliphatic carbocycles. The monoisotopic (exact) mass is 600 g/mol. The number of nitrogens with zero attached hydrogens (tertiary/aromatic N) is 6. The number of hydrogen-bond acceptors (Lipinski definition) is 10. The number of hydrogen-bond donors (Lipinski definition) is 3. The second kappa shape index (κ2) is 11.0. The number of carboxylic acid groups (broad SMARTS) is 1. The van der Waals surface area contributed by atoms with Gasteiger partial charge in [-0.25, -0.2) is 9.67 Å². The molecule has 2 atom stereocenters. The minimum absolute atomic E-state index is 0.155. The van der Waals surface area contributed by atoms with Gasteiger partial charge in [-0.1, -0.05) is 18.2 Å². The molecule has 0 fully saturated rings. The van der Waals surface area contributed by atoms with Crippen molar-refractivity contribution in [2.45, 2.75) is 78.0 Å². The Bertz CT molecular complexity index is 1600. The minimum atomic E-state index is -3.41. The SMILES string of the molecule is CC[C@@H]1CN(Cc2nc([C@@H](c3ccc4c(nnn4CC)c3C)C(C)(C)C(=O)O)sc2C)S(O)(O)c2cnccc2O1. The Morgan fingerprint density at radius 3 is 2.68 bits per heavy atom. The van der Waals surface area contributed by atoms with Crippen molar-refractivity contribution in [3.8, 4) is 5.75 Å². The van der Waals surface area contributed by atoms with Crippen LogP contribution in [0.1, 0.15) is 66.7 Å². The van der Waals surface area contributed by atoms with Crippen molar-refractivity contribution in [1.29, 1.82) is 0 Å². The van der Waals surface area contributed by atoms with E-state index in [2.05, 4.69) is 15.3 Å². The van der Waals surface area contributed by atoms with Crippen molar-refractivity contribution in [3.05, 3.63) is 57.3 Å². The summed E-state index contributed by atoms with van der Waals surface area (Å²) in [5.74, 6) is -1.10. The van der Waals surface area contributed by atoms with Gasteiger partial charge in [-0.3, -0.25) is 18.9 Å². The summed E-state index contributed by atoms with van der Waals surface area (Å²) in [5.41, 5.74) is 2.79. The second-order valence-corrected chi connectivity index (χ2v) is 14.1. The second-order valence-electron chi connectivity index (χ2n) is 10.9. The van der Waals surface area contributed by atoms with Crippen LogP contribution in [0.3, 0.4) is 0 Å². The Balaban J connectivity index is 1.58. The van der Waals surface area contributed by atoms with Crippen LogP contribution in [-0.4, -0.2) is 62.1 Å². The van der Waals surface area contributed by atoms with Gasteiger partial charge in [-0.2, -0.15) is 4.31 Å². The van der Waals surface area contributed by atoms with Gasteiger partial charge in [0.05, 0.1) is 41.8 Å². The summed E-state index contributed by atoms with van der Waals surface area (Å²) in [6, 6.07) is 5.55. The molecule has 4 heterocycles. The largest absolute Gasteiger partial charge is 0.487 e. The third-order valence-corrected chi connectivity index (χ3v) is 10.9. The minimum Gasteiger partial charge on any atom is -0.487 e. The first-order chi connectivity index (χ1) is 19.4. The number of aromatic nitrogens is 5. The van der Waals surface area contributed by atoms with E-state index < -0.39 is 28.1 Å². The van der Waals surface area contributed by atoms with Gasteiger partial charge in [0.1, 0.15) is 27.3 Å². The first-order valence-electron chi connectivity index (χ1n) is 13.6. The third-order valence-electron chi connectivity index (χ3n) is 7.91. The number of aliphatic carboxylic acids is 1. The van der Waals surface area contributed by atoms with Crippen molar-refractivity contribution in [2.75, 3.05) is 6.54 Å². The highest BCUT2D eigenvalue weighted by molar-refractivity contribution is 8.22. The molecule has 0 spiro atoms. The standard InChI is InChI=1S/C28H36N6O5S2/c1-7-18-14-33(41(37,38)23-13-29-12-11-22(23)39-18)15-20-17(4)40-26(30-20)24(28(5,6)27(35)36)19-9-10-21-25(16(19)3)31-32-34(21)8-2/h9-13,18,24,37-38H,7-8,14-15H2,1-6H3,(H,35,36)/t18-,24-/m1/s1. The fourth-order valence-corrected chi connectivity index (χ4v) is 8.07. The zero-order chi connectivity index (χ0) is 29.7. The van der Waals surface area contributed by atoms with Crippen molar-refractivity contribution in [1.82, 2.24) is 29.3 Å². The lowest BCUT2D eigenvalue weighted by Gasteiger charge is -2.41. The Hall–Kier alpha value is -3.10. The molecule has 1 aliphatic rings. The maximum atomic E-state index is 12.6. The molecule has 5 rings (SSSR count). The highest BCUT2D eigenvalue weighted by Crippen LogP contribution is 2.57. The van der Waals surface area contributed by atoms with Crippen LogP contribution in [0.2, 0.25) is 0 Å². The molecule has 11 nitrogen and oxygen atoms in total. The highest BCUT2D eigenvalue weighted by Gasteiger charge is 2.43. The van der Waals surface area contributed by atoms with E-state index in [1.807, 2.05) is 44.5 Å². The van der Waals surface area contributed by atoms with Crippen LogP contribution in [0.15, 0.2) is 35.5 Å². The molecule has 0 saturated carbocycles. The fourth-order valence-electron chi connectivity index (χ4n) is 5.29. The van der Waals surface area contributed by atoms with E-state index in [9.17, 15) is 19.0 Å². The number of thiazole rings is 1. The number of pyridine rings is 1. The molecule has 0 bridgehead atoms. The Labute approximate surface area is 244 Å². The molecular weight excluding hydrogens is 564 g/mol. The van der Waals surface area contributed by atoms with Crippen molar-refractivity contribution in [3.63, 3.8) is 0 Å². The van der Waals surface area contributed by atoms with Gasteiger partial charge in [0.2, 0.25) is 0 Å². The quantitative estimate of drug-likeness (QED) is 0.225. The van der Waals surface area contributed by atoms with Gasteiger partial charge < -0.3 is 9.84 Å². The topological polar surface area (TPSA) is 147 Å². The first-order valence-corrected chi connectivity index (χ1v) is 15.9. The van der Waals surface area contributed by atoms with Crippen molar-refractivity contribution in [2.24, 2.45) is 5.41 Å². The number of carboxylic acids is 1. The molecule has 0 unspecified atom stereocenters. The van der Waals surface area contributed by atoms with E-state index in [1.54, 1.807) is 30.4 Å². The number of ether oxygens (including phenoxy) is 1.